The van der Waals surface area contributed by atoms with Gasteiger partial charge < -0.3 is 5.32 Å². The Morgan fingerprint density at radius 1 is 1.14 bits per heavy atom. The van der Waals surface area contributed by atoms with Crippen molar-refractivity contribution in [3.63, 3.8) is 0 Å². The van der Waals surface area contributed by atoms with E-state index >= 15 is 0 Å². The Labute approximate surface area is 87.5 Å². The van der Waals surface area contributed by atoms with Gasteiger partial charge in [-0.25, -0.2) is 4.39 Å². The van der Waals surface area contributed by atoms with E-state index < -0.39 is 6.17 Å². The second-order valence-corrected chi connectivity index (χ2v) is 4.42. The first-order chi connectivity index (χ1) is 6.84. The molecule has 2 atom stereocenters. The standard InChI is InChI=1S/C12H24FN/c1-2-3-4-7-10-14-12-9-6-5-8-11(12)13/h11-12,14H,2-10H2,1H3/t11-,12+/m0/s1. The fourth-order valence-corrected chi connectivity index (χ4v) is 2.15. The lowest BCUT2D eigenvalue weighted by molar-refractivity contribution is 0.189. The molecule has 0 amide bonds. The van der Waals surface area contributed by atoms with Crippen LogP contribution < -0.4 is 5.32 Å². The highest BCUT2D eigenvalue weighted by molar-refractivity contribution is 4.80. The van der Waals surface area contributed by atoms with Crippen molar-refractivity contribution in [2.45, 2.75) is 70.5 Å². The number of unbranched alkanes of at least 4 members (excludes halogenated alkanes) is 3. The predicted molar refractivity (Wildman–Crippen MR) is 59.3 cm³/mol. The third kappa shape index (κ3) is 4.41. The maximum atomic E-state index is 13.4. The Bertz CT molecular complexity index is 138. The molecule has 14 heavy (non-hydrogen) atoms. The third-order valence-corrected chi connectivity index (χ3v) is 3.12. The maximum absolute atomic E-state index is 13.4. The SMILES string of the molecule is CCCCCCN[C@@H]1CCCC[C@@H]1F. The first-order valence-electron chi connectivity index (χ1n) is 6.22. The van der Waals surface area contributed by atoms with Crippen molar-refractivity contribution in [3.8, 4) is 0 Å². The van der Waals surface area contributed by atoms with Crippen LogP contribution in [0.3, 0.4) is 0 Å². The van der Waals surface area contributed by atoms with Crippen molar-refractivity contribution in [3.05, 3.63) is 0 Å². The van der Waals surface area contributed by atoms with Gasteiger partial charge in [0.1, 0.15) is 6.17 Å². The molecule has 1 nitrogen and oxygen atoms in total. The molecule has 0 radical (unpaired) electrons. The molecule has 0 unspecified atom stereocenters. The zero-order valence-corrected chi connectivity index (χ0v) is 9.40. The van der Waals surface area contributed by atoms with Crippen molar-refractivity contribution >= 4 is 0 Å². The van der Waals surface area contributed by atoms with Gasteiger partial charge >= 0.3 is 0 Å². The molecule has 1 fully saturated rings. The first-order valence-corrected chi connectivity index (χ1v) is 6.22. The summed E-state index contributed by atoms with van der Waals surface area (Å²) in [5, 5.41) is 3.36. The monoisotopic (exact) mass is 201 g/mol. The molecule has 0 spiro atoms. The van der Waals surface area contributed by atoms with Crippen LogP contribution in [0.15, 0.2) is 0 Å². The second-order valence-electron chi connectivity index (χ2n) is 4.42. The summed E-state index contributed by atoms with van der Waals surface area (Å²) in [5.74, 6) is 0. The van der Waals surface area contributed by atoms with Crippen LogP contribution in [0.25, 0.3) is 0 Å². The minimum Gasteiger partial charge on any atom is -0.311 e. The van der Waals surface area contributed by atoms with Crippen molar-refractivity contribution < 1.29 is 4.39 Å². The Balaban J connectivity index is 1.99. The van der Waals surface area contributed by atoms with Gasteiger partial charge in [-0.2, -0.15) is 0 Å². The zero-order chi connectivity index (χ0) is 10.2. The van der Waals surface area contributed by atoms with E-state index in [2.05, 4.69) is 12.2 Å². The second kappa shape index (κ2) is 7.22. The number of hydrogen-bond acceptors (Lipinski definition) is 1. The van der Waals surface area contributed by atoms with Crippen LogP contribution in [0.2, 0.25) is 0 Å². The highest BCUT2D eigenvalue weighted by Crippen LogP contribution is 2.21. The molecule has 0 saturated heterocycles. The van der Waals surface area contributed by atoms with Gasteiger partial charge in [0, 0.05) is 6.04 Å². The van der Waals surface area contributed by atoms with Gasteiger partial charge in [0.05, 0.1) is 0 Å². The summed E-state index contributed by atoms with van der Waals surface area (Å²) >= 11 is 0. The van der Waals surface area contributed by atoms with E-state index in [0.29, 0.717) is 0 Å². The van der Waals surface area contributed by atoms with Crippen molar-refractivity contribution in [2.75, 3.05) is 6.54 Å². The summed E-state index contributed by atoms with van der Waals surface area (Å²) in [6, 6.07) is 0.158. The van der Waals surface area contributed by atoms with Crippen LogP contribution in [0, 0.1) is 0 Å². The molecule has 84 valence electrons. The summed E-state index contributed by atoms with van der Waals surface area (Å²) in [5.41, 5.74) is 0. The summed E-state index contributed by atoms with van der Waals surface area (Å²) in [6.07, 6.45) is 8.57. The first kappa shape index (κ1) is 12.0. The minimum absolute atomic E-state index is 0.158. The van der Waals surface area contributed by atoms with E-state index in [9.17, 15) is 4.39 Å². The molecule has 1 rings (SSSR count). The number of hydrogen-bond donors (Lipinski definition) is 1. The summed E-state index contributed by atoms with van der Waals surface area (Å²) in [7, 11) is 0. The molecular weight excluding hydrogens is 177 g/mol. The average molecular weight is 201 g/mol. The molecule has 0 aromatic rings. The normalized spacial score (nSPS) is 27.9. The molecule has 0 aliphatic heterocycles. The Morgan fingerprint density at radius 3 is 2.64 bits per heavy atom. The largest absolute Gasteiger partial charge is 0.311 e. The van der Waals surface area contributed by atoms with Crippen molar-refractivity contribution in [1.29, 1.82) is 0 Å². The van der Waals surface area contributed by atoms with Crippen molar-refractivity contribution in [2.24, 2.45) is 0 Å². The van der Waals surface area contributed by atoms with E-state index in [-0.39, 0.29) is 6.04 Å². The van der Waals surface area contributed by atoms with E-state index in [4.69, 9.17) is 0 Å². The minimum atomic E-state index is -0.588. The van der Waals surface area contributed by atoms with Gasteiger partial charge in [-0.3, -0.25) is 0 Å². The highest BCUT2D eigenvalue weighted by Gasteiger charge is 2.23. The number of halogens is 1. The summed E-state index contributed by atoms with van der Waals surface area (Å²) in [6.45, 7) is 3.22. The van der Waals surface area contributed by atoms with Gasteiger partial charge in [-0.15, -0.1) is 0 Å². The molecule has 0 aromatic carbocycles. The van der Waals surface area contributed by atoms with Gasteiger partial charge in [0.25, 0.3) is 0 Å². The summed E-state index contributed by atoms with van der Waals surface area (Å²) in [4.78, 5) is 0. The summed E-state index contributed by atoms with van der Waals surface area (Å²) < 4.78 is 13.4. The maximum Gasteiger partial charge on any atom is 0.115 e. The predicted octanol–water partition coefficient (Wildman–Crippen LogP) is 3.44. The van der Waals surface area contributed by atoms with E-state index in [1.54, 1.807) is 0 Å². The lowest BCUT2D eigenvalue weighted by atomic mass is 9.93. The highest BCUT2D eigenvalue weighted by atomic mass is 19.1. The average Bonchev–Trinajstić information content (AvgIpc) is 2.20. The Morgan fingerprint density at radius 2 is 1.93 bits per heavy atom. The van der Waals surface area contributed by atoms with E-state index in [0.717, 1.165) is 25.8 Å². The fraction of sp³-hybridized carbons (Fsp3) is 1.00. The molecular formula is C12H24FN. The number of rotatable bonds is 6. The Kier molecular flexibility index (Phi) is 6.17. The van der Waals surface area contributed by atoms with Crippen LogP contribution in [-0.4, -0.2) is 18.8 Å². The van der Waals surface area contributed by atoms with Crippen LogP contribution in [0.4, 0.5) is 4.39 Å². The molecule has 0 aromatic heterocycles. The van der Waals surface area contributed by atoms with E-state index in [1.165, 1.54) is 32.1 Å². The number of nitrogens with one attached hydrogen (secondary N) is 1. The lowest BCUT2D eigenvalue weighted by Crippen LogP contribution is -2.40. The smallest absolute Gasteiger partial charge is 0.115 e. The molecule has 1 aliphatic carbocycles. The topological polar surface area (TPSA) is 12.0 Å². The molecule has 1 aliphatic rings. The lowest BCUT2D eigenvalue weighted by Gasteiger charge is -2.26. The Hall–Kier alpha value is -0.110. The molecule has 2 heteroatoms. The van der Waals surface area contributed by atoms with Crippen LogP contribution in [0.5, 0.6) is 0 Å². The van der Waals surface area contributed by atoms with Gasteiger partial charge in [0.15, 0.2) is 0 Å². The van der Waals surface area contributed by atoms with Crippen LogP contribution >= 0.6 is 0 Å². The van der Waals surface area contributed by atoms with E-state index in [1.807, 2.05) is 0 Å². The van der Waals surface area contributed by atoms with Crippen LogP contribution in [0.1, 0.15) is 58.3 Å². The fourth-order valence-electron chi connectivity index (χ4n) is 2.15. The number of alkyl halides is 1. The zero-order valence-electron chi connectivity index (χ0n) is 9.40. The molecule has 1 N–H and O–H groups in total. The van der Waals surface area contributed by atoms with Crippen molar-refractivity contribution in [1.82, 2.24) is 5.32 Å². The van der Waals surface area contributed by atoms with Gasteiger partial charge in [-0.1, -0.05) is 39.0 Å². The van der Waals surface area contributed by atoms with Gasteiger partial charge in [0.2, 0.25) is 0 Å². The van der Waals surface area contributed by atoms with Crippen LogP contribution in [-0.2, 0) is 0 Å². The molecule has 0 bridgehead atoms. The quantitative estimate of drug-likeness (QED) is 0.649. The third-order valence-electron chi connectivity index (χ3n) is 3.12. The molecule has 1 saturated carbocycles. The molecule has 0 heterocycles. The van der Waals surface area contributed by atoms with Gasteiger partial charge in [-0.05, 0) is 25.8 Å².